The quantitative estimate of drug-likeness (QED) is 0.886. The average molecular weight is 253 g/mol. The van der Waals surface area contributed by atoms with Crippen LogP contribution in [0.15, 0.2) is 6.08 Å². The van der Waals surface area contributed by atoms with Crippen LogP contribution in [0.25, 0.3) is 6.08 Å². The molecule has 2 N–H and O–H groups in total. The van der Waals surface area contributed by atoms with Crippen molar-refractivity contribution in [1.82, 2.24) is 4.98 Å². The van der Waals surface area contributed by atoms with Gasteiger partial charge in [0.15, 0.2) is 5.13 Å². The number of ether oxygens (including phenoxy) is 1. The van der Waals surface area contributed by atoms with Gasteiger partial charge in [0.2, 0.25) is 0 Å². The lowest BCUT2D eigenvalue weighted by atomic mass is 10.3. The number of hydrogen-bond donors (Lipinski definition) is 1. The van der Waals surface area contributed by atoms with Gasteiger partial charge < -0.3 is 15.4 Å². The van der Waals surface area contributed by atoms with E-state index in [0.29, 0.717) is 6.54 Å². The fourth-order valence-corrected chi connectivity index (χ4v) is 2.77. The first kappa shape index (κ1) is 12.5. The molecule has 0 aliphatic carbocycles. The van der Waals surface area contributed by atoms with Crippen molar-refractivity contribution < 1.29 is 4.74 Å². The maximum Gasteiger partial charge on any atom is 0.186 e. The van der Waals surface area contributed by atoms with Gasteiger partial charge in [0, 0.05) is 13.1 Å². The third-order valence-electron chi connectivity index (χ3n) is 2.71. The fourth-order valence-electron chi connectivity index (χ4n) is 1.72. The molecule has 94 valence electrons. The molecule has 0 bridgehead atoms. The molecule has 0 saturated carbocycles. The first-order chi connectivity index (χ1) is 8.31. The Hall–Kier alpha value is -0.910. The summed E-state index contributed by atoms with van der Waals surface area (Å²) in [5.74, 6) is 0. The van der Waals surface area contributed by atoms with Crippen molar-refractivity contribution in [3.05, 3.63) is 16.6 Å². The summed E-state index contributed by atoms with van der Waals surface area (Å²) >= 11 is 1.75. The van der Waals surface area contributed by atoms with Gasteiger partial charge in [-0.15, -0.1) is 0 Å². The van der Waals surface area contributed by atoms with Gasteiger partial charge in [0.1, 0.15) is 0 Å². The van der Waals surface area contributed by atoms with Crippen LogP contribution in [0, 0.1) is 6.92 Å². The summed E-state index contributed by atoms with van der Waals surface area (Å²) in [7, 11) is 0. The lowest BCUT2D eigenvalue weighted by Crippen LogP contribution is -2.36. The predicted octanol–water partition coefficient (Wildman–Crippen LogP) is 1.65. The summed E-state index contributed by atoms with van der Waals surface area (Å²) in [5.41, 5.74) is 6.57. The molecule has 1 saturated heterocycles. The molecule has 17 heavy (non-hydrogen) atoms. The van der Waals surface area contributed by atoms with E-state index in [9.17, 15) is 0 Å². The molecule has 1 fully saturated rings. The van der Waals surface area contributed by atoms with Crippen molar-refractivity contribution in [3.8, 4) is 0 Å². The summed E-state index contributed by atoms with van der Waals surface area (Å²) in [6, 6.07) is 0. The monoisotopic (exact) mass is 253 g/mol. The van der Waals surface area contributed by atoms with E-state index in [4.69, 9.17) is 10.5 Å². The Balaban J connectivity index is 2.06. The molecule has 0 aromatic carbocycles. The molecule has 0 atom stereocenters. The van der Waals surface area contributed by atoms with Crippen molar-refractivity contribution >= 4 is 22.5 Å². The Morgan fingerprint density at radius 2 is 2.24 bits per heavy atom. The number of nitrogens with zero attached hydrogens (tertiary/aromatic N) is 2. The number of thiazole rings is 1. The largest absolute Gasteiger partial charge is 0.378 e. The number of rotatable bonds is 4. The Labute approximate surface area is 106 Å². The van der Waals surface area contributed by atoms with Crippen LogP contribution in [-0.2, 0) is 4.74 Å². The van der Waals surface area contributed by atoms with E-state index >= 15 is 0 Å². The minimum Gasteiger partial charge on any atom is -0.378 e. The lowest BCUT2D eigenvalue weighted by Gasteiger charge is -2.25. The number of nitrogens with two attached hydrogens (primary N) is 1. The highest BCUT2D eigenvalue weighted by Crippen LogP contribution is 2.27. The number of aromatic nitrogens is 1. The van der Waals surface area contributed by atoms with Gasteiger partial charge in [-0.3, -0.25) is 0 Å². The van der Waals surface area contributed by atoms with Gasteiger partial charge in [-0.2, -0.15) is 0 Å². The van der Waals surface area contributed by atoms with Gasteiger partial charge in [-0.25, -0.2) is 4.98 Å². The summed E-state index contributed by atoms with van der Waals surface area (Å²) in [5, 5.41) is 1.11. The van der Waals surface area contributed by atoms with Gasteiger partial charge in [-0.05, 0) is 26.0 Å². The molecule has 1 aromatic rings. The molecule has 2 heterocycles. The summed E-state index contributed by atoms with van der Waals surface area (Å²) in [6.07, 6.45) is 5.16. The fraction of sp³-hybridized carbons (Fsp3) is 0.583. The van der Waals surface area contributed by atoms with Crippen LogP contribution in [0.3, 0.4) is 0 Å². The topological polar surface area (TPSA) is 51.4 Å². The highest BCUT2D eigenvalue weighted by molar-refractivity contribution is 7.16. The highest BCUT2D eigenvalue weighted by Gasteiger charge is 2.15. The van der Waals surface area contributed by atoms with Crippen molar-refractivity contribution in [2.24, 2.45) is 5.73 Å². The average Bonchev–Trinajstić information content (AvgIpc) is 2.73. The van der Waals surface area contributed by atoms with Crippen LogP contribution in [0.2, 0.25) is 0 Å². The molecule has 4 nitrogen and oxygen atoms in total. The van der Waals surface area contributed by atoms with Gasteiger partial charge >= 0.3 is 0 Å². The molecule has 0 radical (unpaired) electrons. The smallest absolute Gasteiger partial charge is 0.186 e. The SMILES string of the molecule is Cc1nc(N2CCOCC2)sc1C=CCCN. The zero-order chi connectivity index (χ0) is 12.1. The van der Waals surface area contributed by atoms with Gasteiger partial charge in [-0.1, -0.05) is 17.4 Å². The van der Waals surface area contributed by atoms with Gasteiger partial charge in [0.25, 0.3) is 0 Å². The van der Waals surface area contributed by atoms with E-state index in [1.54, 1.807) is 11.3 Å². The second kappa shape index (κ2) is 6.14. The molecule has 0 spiro atoms. The van der Waals surface area contributed by atoms with Gasteiger partial charge in [0.05, 0.1) is 23.8 Å². The second-order valence-corrected chi connectivity index (χ2v) is 5.03. The zero-order valence-electron chi connectivity index (χ0n) is 10.2. The van der Waals surface area contributed by atoms with E-state index < -0.39 is 0 Å². The van der Waals surface area contributed by atoms with E-state index in [1.807, 2.05) is 0 Å². The van der Waals surface area contributed by atoms with Crippen LogP contribution in [0.4, 0.5) is 5.13 Å². The molecule has 1 aliphatic rings. The Morgan fingerprint density at radius 1 is 1.47 bits per heavy atom. The lowest BCUT2D eigenvalue weighted by molar-refractivity contribution is 0.122. The minimum absolute atomic E-state index is 0.699. The summed E-state index contributed by atoms with van der Waals surface area (Å²) < 4.78 is 5.34. The van der Waals surface area contributed by atoms with Crippen molar-refractivity contribution in [2.75, 3.05) is 37.7 Å². The number of anilines is 1. The standard InChI is InChI=1S/C12H19N3OS/c1-10-11(4-2-3-5-13)17-12(14-10)15-6-8-16-9-7-15/h2,4H,3,5-9,13H2,1H3. The van der Waals surface area contributed by atoms with E-state index in [0.717, 1.165) is 43.5 Å². The molecular formula is C12H19N3OS. The van der Waals surface area contributed by atoms with Crippen LogP contribution in [0.5, 0.6) is 0 Å². The minimum atomic E-state index is 0.699. The second-order valence-electron chi connectivity index (χ2n) is 4.03. The Morgan fingerprint density at radius 3 is 2.94 bits per heavy atom. The van der Waals surface area contributed by atoms with E-state index in [-0.39, 0.29) is 0 Å². The first-order valence-corrected chi connectivity index (χ1v) is 6.79. The molecule has 0 amide bonds. The molecule has 5 heteroatoms. The third-order valence-corrected chi connectivity index (χ3v) is 3.89. The van der Waals surface area contributed by atoms with Crippen LogP contribution < -0.4 is 10.6 Å². The highest BCUT2D eigenvalue weighted by atomic mass is 32.1. The third kappa shape index (κ3) is 3.28. The molecule has 2 rings (SSSR count). The zero-order valence-corrected chi connectivity index (χ0v) is 11.0. The summed E-state index contributed by atoms with van der Waals surface area (Å²) in [6.45, 7) is 6.25. The predicted molar refractivity (Wildman–Crippen MR) is 72.6 cm³/mol. The van der Waals surface area contributed by atoms with E-state index in [1.165, 1.54) is 4.88 Å². The first-order valence-electron chi connectivity index (χ1n) is 5.98. The number of hydrogen-bond acceptors (Lipinski definition) is 5. The van der Waals surface area contributed by atoms with Crippen LogP contribution in [-0.4, -0.2) is 37.8 Å². The molecular weight excluding hydrogens is 234 g/mol. The van der Waals surface area contributed by atoms with Crippen molar-refractivity contribution in [3.63, 3.8) is 0 Å². The van der Waals surface area contributed by atoms with Crippen molar-refractivity contribution in [2.45, 2.75) is 13.3 Å². The summed E-state index contributed by atoms with van der Waals surface area (Å²) in [4.78, 5) is 8.15. The maximum atomic E-state index is 5.47. The normalized spacial score (nSPS) is 16.9. The van der Waals surface area contributed by atoms with Crippen LogP contribution in [0.1, 0.15) is 17.0 Å². The Kier molecular flexibility index (Phi) is 4.53. The van der Waals surface area contributed by atoms with Crippen molar-refractivity contribution in [1.29, 1.82) is 0 Å². The number of aryl methyl sites for hydroxylation is 1. The molecule has 0 unspecified atom stereocenters. The van der Waals surface area contributed by atoms with E-state index in [2.05, 4.69) is 29.0 Å². The molecule has 1 aliphatic heterocycles. The number of morpholine rings is 1. The van der Waals surface area contributed by atoms with Crippen LogP contribution >= 0.6 is 11.3 Å². The molecule has 1 aromatic heterocycles. The maximum absolute atomic E-state index is 5.47. The Bertz CT molecular complexity index is 383.